The lowest BCUT2D eigenvalue weighted by Gasteiger charge is -1.89. The van der Waals surface area contributed by atoms with Crippen molar-refractivity contribution in [3.8, 4) is 11.8 Å². The van der Waals surface area contributed by atoms with E-state index in [1.165, 1.54) is 0 Å². The molecule has 0 saturated carbocycles. The predicted octanol–water partition coefficient (Wildman–Crippen LogP) is 1.19. The van der Waals surface area contributed by atoms with Gasteiger partial charge in [-0.15, -0.1) is 0 Å². The first kappa shape index (κ1) is 12.9. The van der Waals surface area contributed by atoms with Gasteiger partial charge in [0.1, 0.15) is 6.61 Å². The van der Waals surface area contributed by atoms with E-state index in [1.54, 1.807) is 14.2 Å². The van der Waals surface area contributed by atoms with Crippen molar-refractivity contribution in [3.05, 3.63) is 12.2 Å². The summed E-state index contributed by atoms with van der Waals surface area (Å²) in [5.74, 6) is 5.06. The van der Waals surface area contributed by atoms with E-state index in [9.17, 15) is 4.79 Å². The lowest BCUT2D eigenvalue weighted by molar-refractivity contribution is -0.113. The van der Waals surface area contributed by atoms with Crippen molar-refractivity contribution >= 4 is 5.78 Å². The summed E-state index contributed by atoms with van der Waals surface area (Å²) in [5, 5.41) is 0. The third-order valence-corrected chi connectivity index (χ3v) is 1.41. The Kier molecular flexibility index (Phi) is 9.18. The summed E-state index contributed by atoms with van der Waals surface area (Å²) < 4.78 is 9.51. The van der Waals surface area contributed by atoms with Crippen LogP contribution in [0, 0.1) is 11.8 Å². The minimum atomic E-state index is -0.0517. The van der Waals surface area contributed by atoms with E-state index in [-0.39, 0.29) is 5.78 Å². The van der Waals surface area contributed by atoms with Crippen molar-refractivity contribution < 1.29 is 14.3 Å². The molecule has 0 unspecified atom stereocenters. The predicted molar refractivity (Wildman–Crippen MR) is 54.9 cm³/mol. The first-order chi connectivity index (χ1) is 6.81. The van der Waals surface area contributed by atoms with Crippen molar-refractivity contribution in [2.45, 2.75) is 12.8 Å². The number of ether oxygens (including phenoxy) is 2. The zero-order chi connectivity index (χ0) is 10.6. The SMILES string of the molecule is COCC#CC(=O)CC/C=C\COC. The van der Waals surface area contributed by atoms with Gasteiger partial charge >= 0.3 is 0 Å². The number of rotatable bonds is 6. The van der Waals surface area contributed by atoms with Gasteiger partial charge in [-0.2, -0.15) is 0 Å². The number of allylic oxidation sites excluding steroid dienone is 1. The van der Waals surface area contributed by atoms with Gasteiger partial charge in [0.05, 0.1) is 6.61 Å². The van der Waals surface area contributed by atoms with Crippen LogP contribution in [0.25, 0.3) is 0 Å². The highest BCUT2D eigenvalue weighted by molar-refractivity contribution is 5.95. The van der Waals surface area contributed by atoms with Gasteiger partial charge in [-0.25, -0.2) is 0 Å². The molecule has 14 heavy (non-hydrogen) atoms. The first-order valence-corrected chi connectivity index (χ1v) is 4.45. The molecule has 0 spiro atoms. The van der Waals surface area contributed by atoms with Gasteiger partial charge in [0.25, 0.3) is 0 Å². The van der Waals surface area contributed by atoms with Gasteiger partial charge in [0.2, 0.25) is 5.78 Å². The van der Waals surface area contributed by atoms with Crippen LogP contribution >= 0.6 is 0 Å². The fraction of sp³-hybridized carbons (Fsp3) is 0.545. The average molecular weight is 196 g/mol. The van der Waals surface area contributed by atoms with Gasteiger partial charge in [-0.3, -0.25) is 4.79 Å². The molecular weight excluding hydrogens is 180 g/mol. The molecule has 0 aromatic heterocycles. The van der Waals surface area contributed by atoms with E-state index in [0.717, 1.165) is 0 Å². The van der Waals surface area contributed by atoms with Crippen molar-refractivity contribution in [2.24, 2.45) is 0 Å². The molecule has 0 aliphatic carbocycles. The van der Waals surface area contributed by atoms with Crippen molar-refractivity contribution in [1.29, 1.82) is 0 Å². The Morgan fingerprint density at radius 2 is 2.07 bits per heavy atom. The van der Waals surface area contributed by atoms with Gasteiger partial charge in [-0.05, 0) is 12.3 Å². The van der Waals surface area contributed by atoms with E-state index >= 15 is 0 Å². The Labute approximate surface area is 85.1 Å². The normalized spacial score (nSPS) is 9.86. The Balaban J connectivity index is 3.50. The minimum Gasteiger partial charge on any atom is -0.381 e. The van der Waals surface area contributed by atoms with Gasteiger partial charge in [0.15, 0.2) is 0 Å². The number of carbonyl (C=O) groups is 1. The van der Waals surface area contributed by atoms with Crippen LogP contribution in [-0.4, -0.2) is 33.2 Å². The molecule has 0 rings (SSSR count). The van der Waals surface area contributed by atoms with E-state index in [2.05, 4.69) is 11.8 Å². The summed E-state index contributed by atoms with van der Waals surface area (Å²) in [6.45, 7) is 0.898. The molecule has 0 aromatic rings. The van der Waals surface area contributed by atoms with Gasteiger partial charge in [-0.1, -0.05) is 18.1 Å². The topological polar surface area (TPSA) is 35.5 Å². The summed E-state index contributed by atoms with van der Waals surface area (Å²) in [7, 11) is 3.18. The summed E-state index contributed by atoms with van der Waals surface area (Å²) in [6, 6.07) is 0. The second-order valence-electron chi connectivity index (χ2n) is 2.62. The fourth-order valence-corrected chi connectivity index (χ4v) is 0.766. The maximum absolute atomic E-state index is 11.1. The van der Waals surface area contributed by atoms with Crippen molar-refractivity contribution in [1.82, 2.24) is 0 Å². The molecule has 0 aromatic carbocycles. The molecule has 0 radical (unpaired) electrons. The molecule has 0 aliphatic rings. The molecule has 0 fully saturated rings. The second-order valence-corrected chi connectivity index (χ2v) is 2.62. The molecule has 0 amide bonds. The van der Waals surface area contributed by atoms with Crippen LogP contribution in [0.1, 0.15) is 12.8 Å². The largest absolute Gasteiger partial charge is 0.381 e. The van der Waals surface area contributed by atoms with E-state index < -0.39 is 0 Å². The smallest absolute Gasteiger partial charge is 0.205 e. The first-order valence-electron chi connectivity index (χ1n) is 4.45. The Hall–Kier alpha value is -1.11. The zero-order valence-corrected chi connectivity index (χ0v) is 8.71. The van der Waals surface area contributed by atoms with Crippen LogP contribution < -0.4 is 0 Å². The molecule has 0 aliphatic heterocycles. The van der Waals surface area contributed by atoms with E-state index in [4.69, 9.17) is 9.47 Å². The maximum Gasteiger partial charge on any atom is 0.205 e. The van der Waals surface area contributed by atoms with Crippen LogP contribution in [0.15, 0.2) is 12.2 Å². The Bertz CT molecular complexity index is 233. The number of hydrogen-bond acceptors (Lipinski definition) is 3. The Morgan fingerprint density at radius 1 is 1.29 bits per heavy atom. The number of Topliss-reactive ketones (excluding diaryl/α,β-unsaturated/α-hetero) is 1. The molecule has 0 saturated heterocycles. The Morgan fingerprint density at radius 3 is 2.71 bits per heavy atom. The van der Waals surface area contributed by atoms with Gasteiger partial charge < -0.3 is 9.47 Å². The van der Waals surface area contributed by atoms with Crippen molar-refractivity contribution in [3.63, 3.8) is 0 Å². The third-order valence-electron chi connectivity index (χ3n) is 1.41. The number of hydrogen-bond donors (Lipinski definition) is 0. The molecule has 0 atom stereocenters. The molecule has 0 heterocycles. The molecule has 3 heteroatoms. The van der Waals surface area contributed by atoms with E-state index in [1.807, 2.05) is 12.2 Å². The zero-order valence-electron chi connectivity index (χ0n) is 8.71. The highest BCUT2D eigenvalue weighted by Gasteiger charge is 1.92. The van der Waals surface area contributed by atoms with Crippen LogP contribution in [-0.2, 0) is 14.3 Å². The van der Waals surface area contributed by atoms with E-state index in [0.29, 0.717) is 26.1 Å². The van der Waals surface area contributed by atoms with Crippen molar-refractivity contribution in [2.75, 3.05) is 27.4 Å². The van der Waals surface area contributed by atoms with Crippen LogP contribution in [0.5, 0.6) is 0 Å². The summed E-state index contributed by atoms with van der Waals surface area (Å²) in [5.41, 5.74) is 0. The highest BCUT2D eigenvalue weighted by atomic mass is 16.5. The van der Waals surface area contributed by atoms with Crippen LogP contribution in [0.3, 0.4) is 0 Å². The lowest BCUT2D eigenvalue weighted by Crippen LogP contribution is -1.93. The monoisotopic (exact) mass is 196 g/mol. The quantitative estimate of drug-likeness (QED) is 0.363. The standard InChI is InChI=1S/C11H16O3/c1-13-9-5-3-4-7-11(12)8-6-10-14-2/h3,5H,4,7,9-10H2,1-2H3/b5-3-. The summed E-state index contributed by atoms with van der Waals surface area (Å²) >= 11 is 0. The minimum absolute atomic E-state index is 0.0517. The summed E-state index contributed by atoms with van der Waals surface area (Å²) in [4.78, 5) is 11.1. The maximum atomic E-state index is 11.1. The summed E-state index contributed by atoms with van der Waals surface area (Å²) in [6.07, 6.45) is 4.97. The van der Waals surface area contributed by atoms with Crippen LogP contribution in [0.4, 0.5) is 0 Å². The molecule has 0 bridgehead atoms. The van der Waals surface area contributed by atoms with Crippen LogP contribution in [0.2, 0.25) is 0 Å². The molecular formula is C11H16O3. The average Bonchev–Trinajstić information content (AvgIpc) is 2.18. The fourth-order valence-electron chi connectivity index (χ4n) is 0.766. The number of carbonyl (C=O) groups excluding carboxylic acids is 1. The van der Waals surface area contributed by atoms with Gasteiger partial charge in [0, 0.05) is 20.6 Å². The number of methoxy groups -OCH3 is 2. The lowest BCUT2D eigenvalue weighted by atomic mass is 10.2. The molecule has 3 nitrogen and oxygen atoms in total. The second kappa shape index (κ2) is 9.97. The third kappa shape index (κ3) is 8.98. The number of ketones is 1. The molecule has 0 N–H and O–H groups in total. The molecule has 78 valence electrons. The highest BCUT2D eigenvalue weighted by Crippen LogP contribution is 1.92.